The van der Waals surface area contributed by atoms with Gasteiger partial charge in [0.1, 0.15) is 0 Å². The fourth-order valence-electron chi connectivity index (χ4n) is 0.588. The van der Waals surface area contributed by atoms with E-state index in [9.17, 15) is 0 Å². The fraction of sp³-hybridized carbons (Fsp3) is 0.750. The summed E-state index contributed by atoms with van der Waals surface area (Å²) in [6.45, 7) is 0.867. The molecule has 0 aromatic rings. The van der Waals surface area contributed by atoms with Gasteiger partial charge in [-0.3, -0.25) is 0 Å². The molecular weight excluding hydrogens is 180 g/mol. The molecule has 0 saturated carbocycles. The van der Waals surface area contributed by atoms with Crippen LogP contribution in [-0.4, -0.2) is 31.1 Å². The maximum absolute atomic E-state index is 5.45. The molecule has 0 amide bonds. The largest absolute Gasteiger partial charge is 0.385 e. The first-order valence-corrected chi connectivity index (χ1v) is 5.38. The molecule has 0 atom stereocenters. The second kappa shape index (κ2) is 10.3. The highest BCUT2D eigenvalue weighted by Gasteiger charge is 1.85. The van der Waals surface area contributed by atoms with Crippen LogP contribution < -0.4 is 0 Å². The number of methoxy groups -OCH3 is 1. The molecule has 0 heterocycles. The lowest BCUT2D eigenvalue weighted by Gasteiger charge is -1.96. The molecular formula is C8H15ClOS. The minimum atomic E-state index is 0.624. The van der Waals surface area contributed by atoms with Gasteiger partial charge in [-0.25, -0.2) is 0 Å². The Bertz CT molecular complexity index is 96.1. The number of alkyl halides is 1. The lowest BCUT2D eigenvalue weighted by Crippen LogP contribution is -1.90. The first kappa shape index (κ1) is 11.3. The van der Waals surface area contributed by atoms with E-state index in [0.717, 1.165) is 18.8 Å². The van der Waals surface area contributed by atoms with Crippen molar-refractivity contribution in [2.45, 2.75) is 6.42 Å². The van der Waals surface area contributed by atoms with Gasteiger partial charge in [0.15, 0.2) is 0 Å². The Morgan fingerprint density at radius 3 is 2.91 bits per heavy atom. The SMILES string of the molecule is COCCCSCC=CCCl. The van der Waals surface area contributed by atoms with Crippen LogP contribution >= 0.6 is 23.4 Å². The summed E-state index contributed by atoms with van der Waals surface area (Å²) in [4.78, 5) is 0. The fourth-order valence-corrected chi connectivity index (χ4v) is 1.47. The summed E-state index contributed by atoms with van der Waals surface area (Å²) < 4.78 is 4.92. The van der Waals surface area contributed by atoms with Gasteiger partial charge in [0.05, 0.1) is 0 Å². The summed E-state index contributed by atoms with van der Waals surface area (Å²) in [7, 11) is 1.73. The minimum absolute atomic E-state index is 0.624. The summed E-state index contributed by atoms with van der Waals surface area (Å²) in [5.74, 6) is 2.86. The summed E-state index contributed by atoms with van der Waals surface area (Å²) in [5, 5.41) is 0. The van der Waals surface area contributed by atoms with Gasteiger partial charge in [-0.05, 0) is 12.2 Å². The van der Waals surface area contributed by atoms with Gasteiger partial charge < -0.3 is 4.74 Å². The first-order chi connectivity index (χ1) is 5.41. The Labute approximate surface area is 78.1 Å². The summed E-state index contributed by atoms with van der Waals surface area (Å²) in [6.07, 6.45) is 5.21. The van der Waals surface area contributed by atoms with Crippen LogP contribution in [0.3, 0.4) is 0 Å². The highest BCUT2D eigenvalue weighted by atomic mass is 35.5. The summed E-state index contributed by atoms with van der Waals surface area (Å²) in [5.41, 5.74) is 0. The second-order valence-corrected chi connectivity index (χ2v) is 3.51. The van der Waals surface area contributed by atoms with Crippen molar-refractivity contribution in [2.75, 3.05) is 31.1 Å². The summed E-state index contributed by atoms with van der Waals surface area (Å²) in [6, 6.07) is 0. The molecule has 0 N–H and O–H groups in total. The van der Waals surface area contributed by atoms with Crippen molar-refractivity contribution in [3.8, 4) is 0 Å². The quantitative estimate of drug-likeness (QED) is 0.350. The molecule has 66 valence electrons. The van der Waals surface area contributed by atoms with E-state index in [0.29, 0.717) is 5.88 Å². The molecule has 0 aliphatic carbocycles. The number of hydrogen-bond donors (Lipinski definition) is 0. The molecule has 0 aromatic heterocycles. The third kappa shape index (κ3) is 10.3. The number of ether oxygens (including phenoxy) is 1. The molecule has 0 fully saturated rings. The third-order valence-corrected chi connectivity index (χ3v) is 2.29. The lowest BCUT2D eigenvalue weighted by molar-refractivity contribution is 0.200. The second-order valence-electron chi connectivity index (χ2n) is 2.05. The number of thioether (sulfide) groups is 1. The van der Waals surface area contributed by atoms with Crippen molar-refractivity contribution in [3.63, 3.8) is 0 Å². The number of rotatable bonds is 7. The maximum Gasteiger partial charge on any atom is 0.0470 e. The van der Waals surface area contributed by atoms with Gasteiger partial charge in [0, 0.05) is 25.3 Å². The van der Waals surface area contributed by atoms with E-state index in [1.54, 1.807) is 7.11 Å². The molecule has 3 heteroatoms. The molecule has 0 aliphatic rings. The van der Waals surface area contributed by atoms with Crippen LogP contribution in [0.15, 0.2) is 12.2 Å². The average Bonchev–Trinajstić information content (AvgIpc) is 2.03. The third-order valence-electron chi connectivity index (χ3n) is 1.11. The van der Waals surface area contributed by atoms with E-state index in [1.165, 1.54) is 5.75 Å². The van der Waals surface area contributed by atoms with E-state index in [1.807, 2.05) is 17.8 Å². The Morgan fingerprint density at radius 1 is 1.45 bits per heavy atom. The lowest BCUT2D eigenvalue weighted by atomic mass is 10.5. The predicted octanol–water partition coefficient (Wildman–Crippen LogP) is 2.55. The van der Waals surface area contributed by atoms with Gasteiger partial charge in [-0.2, -0.15) is 11.8 Å². The molecule has 0 unspecified atom stereocenters. The van der Waals surface area contributed by atoms with Crippen LogP contribution in [0.1, 0.15) is 6.42 Å². The Hall–Kier alpha value is 0.340. The van der Waals surface area contributed by atoms with E-state index in [-0.39, 0.29) is 0 Å². The zero-order valence-corrected chi connectivity index (χ0v) is 8.46. The molecule has 0 aliphatic heterocycles. The Balaban J connectivity index is 2.85. The minimum Gasteiger partial charge on any atom is -0.385 e. The molecule has 11 heavy (non-hydrogen) atoms. The number of allylic oxidation sites excluding steroid dienone is 1. The average molecular weight is 195 g/mol. The van der Waals surface area contributed by atoms with Crippen LogP contribution in [0.5, 0.6) is 0 Å². The van der Waals surface area contributed by atoms with Crippen LogP contribution in [0.4, 0.5) is 0 Å². The van der Waals surface area contributed by atoms with Crippen molar-refractivity contribution in [3.05, 3.63) is 12.2 Å². The number of hydrogen-bond acceptors (Lipinski definition) is 2. The van der Waals surface area contributed by atoms with E-state index in [4.69, 9.17) is 16.3 Å². The predicted molar refractivity (Wildman–Crippen MR) is 53.7 cm³/mol. The molecule has 0 radical (unpaired) electrons. The molecule has 0 spiro atoms. The van der Waals surface area contributed by atoms with Crippen molar-refractivity contribution in [2.24, 2.45) is 0 Å². The van der Waals surface area contributed by atoms with E-state index < -0.39 is 0 Å². The van der Waals surface area contributed by atoms with Gasteiger partial charge >= 0.3 is 0 Å². The van der Waals surface area contributed by atoms with Gasteiger partial charge in [-0.15, -0.1) is 11.6 Å². The smallest absolute Gasteiger partial charge is 0.0470 e. The molecule has 0 aromatic carbocycles. The van der Waals surface area contributed by atoms with Crippen molar-refractivity contribution in [1.82, 2.24) is 0 Å². The molecule has 0 rings (SSSR count). The molecule has 0 bridgehead atoms. The topological polar surface area (TPSA) is 9.23 Å². The highest BCUT2D eigenvalue weighted by Crippen LogP contribution is 2.02. The summed E-state index contributed by atoms with van der Waals surface area (Å²) >= 11 is 7.36. The molecule has 0 saturated heterocycles. The normalized spacial score (nSPS) is 11.1. The van der Waals surface area contributed by atoms with Gasteiger partial charge in [0.2, 0.25) is 0 Å². The van der Waals surface area contributed by atoms with E-state index in [2.05, 4.69) is 6.08 Å². The zero-order chi connectivity index (χ0) is 8.36. The van der Waals surface area contributed by atoms with Crippen LogP contribution in [0.2, 0.25) is 0 Å². The Kier molecular flexibility index (Phi) is 10.7. The highest BCUT2D eigenvalue weighted by molar-refractivity contribution is 7.99. The number of halogens is 1. The van der Waals surface area contributed by atoms with Crippen LogP contribution in [0.25, 0.3) is 0 Å². The van der Waals surface area contributed by atoms with Crippen LogP contribution in [-0.2, 0) is 4.74 Å². The van der Waals surface area contributed by atoms with Gasteiger partial charge in [0.25, 0.3) is 0 Å². The standard InChI is InChI=1S/C8H15ClOS/c1-10-6-4-8-11-7-3-2-5-9/h2-3H,4-8H2,1H3. The van der Waals surface area contributed by atoms with Crippen molar-refractivity contribution < 1.29 is 4.74 Å². The van der Waals surface area contributed by atoms with Crippen molar-refractivity contribution >= 4 is 23.4 Å². The van der Waals surface area contributed by atoms with Crippen LogP contribution in [0, 0.1) is 0 Å². The van der Waals surface area contributed by atoms with Crippen molar-refractivity contribution in [1.29, 1.82) is 0 Å². The van der Waals surface area contributed by atoms with E-state index >= 15 is 0 Å². The zero-order valence-electron chi connectivity index (χ0n) is 6.88. The maximum atomic E-state index is 5.45. The Morgan fingerprint density at radius 2 is 2.27 bits per heavy atom. The van der Waals surface area contributed by atoms with Gasteiger partial charge in [-0.1, -0.05) is 12.2 Å². The first-order valence-electron chi connectivity index (χ1n) is 3.69. The monoisotopic (exact) mass is 194 g/mol. The molecule has 1 nitrogen and oxygen atoms in total.